The molecule has 106 valence electrons. The summed E-state index contributed by atoms with van der Waals surface area (Å²) in [7, 11) is 0. The zero-order valence-corrected chi connectivity index (χ0v) is 11.1. The highest BCUT2D eigenvalue weighted by atomic mass is 19.2. The van der Waals surface area contributed by atoms with Gasteiger partial charge in [0.2, 0.25) is 0 Å². The molecule has 0 aliphatic carbocycles. The summed E-state index contributed by atoms with van der Waals surface area (Å²) in [6, 6.07) is 3.84. The third-order valence-electron chi connectivity index (χ3n) is 2.90. The average molecular weight is 280 g/mol. The van der Waals surface area contributed by atoms with E-state index in [0.717, 1.165) is 24.6 Å². The third kappa shape index (κ3) is 3.17. The number of nitrogens with one attached hydrogen (secondary N) is 1. The Hall–Kier alpha value is -1.88. The van der Waals surface area contributed by atoms with E-state index in [1.807, 2.05) is 0 Å². The van der Waals surface area contributed by atoms with Crippen LogP contribution in [0.1, 0.15) is 18.9 Å². The molecule has 0 aliphatic heterocycles. The van der Waals surface area contributed by atoms with Crippen molar-refractivity contribution in [2.24, 2.45) is 0 Å². The van der Waals surface area contributed by atoms with Crippen LogP contribution in [0.2, 0.25) is 0 Å². The van der Waals surface area contributed by atoms with Gasteiger partial charge in [0.15, 0.2) is 17.5 Å². The van der Waals surface area contributed by atoms with E-state index < -0.39 is 17.5 Å². The Labute approximate surface area is 115 Å². The van der Waals surface area contributed by atoms with Gasteiger partial charge in [0.25, 0.3) is 0 Å². The highest BCUT2D eigenvalue weighted by Gasteiger charge is 2.15. The van der Waals surface area contributed by atoms with Gasteiger partial charge in [0, 0.05) is 30.1 Å². The molecule has 0 saturated heterocycles. The lowest BCUT2D eigenvalue weighted by Gasteiger charge is -2.07. The predicted octanol–water partition coefficient (Wildman–Crippen LogP) is 3.67. The van der Waals surface area contributed by atoms with Gasteiger partial charge in [-0.2, -0.15) is 0 Å². The molecule has 0 bridgehead atoms. The fourth-order valence-corrected chi connectivity index (χ4v) is 1.89. The quantitative estimate of drug-likeness (QED) is 0.667. The largest absolute Gasteiger partial charge is 0.313 e. The van der Waals surface area contributed by atoms with Gasteiger partial charge >= 0.3 is 0 Å². The first-order valence-electron chi connectivity index (χ1n) is 6.42. The number of pyridine rings is 1. The predicted molar refractivity (Wildman–Crippen MR) is 71.5 cm³/mol. The van der Waals surface area contributed by atoms with E-state index in [0.29, 0.717) is 12.1 Å². The Morgan fingerprint density at radius 3 is 2.65 bits per heavy atom. The molecule has 0 fully saturated rings. The van der Waals surface area contributed by atoms with Crippen molar-refractivity contribution in [3.8, 4) is 11.1 Å². The van der Waals surface area contributed by atoms with Gasteiger partial charge in [0.1, 0.15) is 0 Å². The number of hydrogen-bond donors (Lipinski definition) is 1. The smallest absolute Gasteiger partial charge is 0.195 e. The molecule has 1 aromatic carbocycles. The zero-order valence-electron chi connectivity index (χ0n) is 11.1. The van der Waals surface area contributed by atoms with Gasteiger partial charge in [-0.25, -0.2) is 13.2 Å². The molecule has 20 heavy (non-hydrogen) atoms. The molecule has 2 nitrogen and oxygen atoms in total. The molecule has 5 heteroatoms. The van der Waals surface area contributed by atoms with Crippen LogP contribution in [-0.4, -0.2) is 11.5 Å². The standard InChI is InChI=1S/C15H15F3N2/c1-2-5-19-7-10-6-11(9-20-8-10)12-3-4-13(16)15(18)14(12)17/h3-4,6,8-9,19H,2,5,7H2,1H3. The Morgan fingerprint density at radius 1 is 1.10 bits per heavy atom. The van der Waals surface area contributed by atoms with Crippen LogP contribution in [0.4, 0.5) is 13.2 Å². The minimum atomic E-state index is -1.46. The molecule has 1 heterocycles. The third-order valence-corrected chi connectivity index (χ3v) is 2.90. The van der Waals surface area contributed by atoms with Crippen molar-refractivity contribution in [2.45, 2.75) is 19.9 Å². The number of halogens is 3. The average Bonchev–Trinajstić information content (AvgIpc) is 2.46. The summed E-state index contributed by atoms with van der Waals surface area (Å²) in [6.45, 7) is 3.52. The molecule has 2 aromatic rings. The van der Waals surface area contributed by atoms with E-state index >= 15 is 0 Å². The first-order valence-corrected chi connectivity index (χ1v) is 6.42. The van der Waals surface area contributed by atoms with Gasteiger partial charge in [-0.15, -0.1) is 0 Å². The second-order valence-corrected chi connectivity index (χ2v) is 4.48. The summed E-state index contributed by atoms with van der Waals surface area (Å²) in [5, 5.41) is 3.20. The Kier molecular flexibility index (Phi) is 4.74. The minimum absolute atomic E-state index is 0.00809. The number of aromatic nitrogens is 1. The second kappa shape index (κ2) is 6.52. The number of benzene rings is 1. The van der Waals surface area contributed by atoms with Crippen LogP contribution in [0, 0.1) is 17.5 Å². The first kappa shape index (κ1) is 14.5. The summed E-state index contributed by atoms with van der Waals surface area (Å²) in [5.41, 5.74) is 1.30. The lowest BCUT2D eigenvalue weighted by atomic mass is 10.0. The maximum atomic E-state index is 13.7. The van der Waals surface area contributed by atoms with Crippen LogP contribution in [0.3, 0.4) is 0 Å². The first-order chi connectivity index (χ1) is 9.63. The normalized spacial score (nSPS) is 10.8. The van der Waals surface area contributed by atoms with Crippen LogP contribution >= 0.6 is 0 Å². The van der Waals surface area contributed by atoms with E-state index in [1.54, 1.807) is 12.3 Å². The molecule has 0 amide bonds. The highest BCUT2D eigenvalue weighted by Crippen LogP contribution is 2.25. The van der Waals surface area contributed by atoms with Crippen LogP contribution < -0.4 is 5.32 Å². The molecular formula is C15H15F3N2. The number of nitrogens with zero attached hydrogens (tertiary/aromatic N) is 1. The Bertz CT molecular complexity index is 600. The maximum Gasteiger partial charge on any atom is 0.195 e. The number of rotatable bonds is 5. The molecule has 1 aromatic heterocycles. The van der Waals surface area contributed by atoms with Crippen molar-refractivity contribution < 1.29 is 13.2 Å². The van der Waals surface area contributed by atoms with Crippen LogP contribution in [0.5, 0.6) is 0 Å². The molecule has 0 spiro atoms. The van der Waals surface area contributed by atoms with Gasteiger partial charge < -0.3 is 5.32 Å². The minimum Gasteiger partial charge on any atom is -0.313 e. The fourth-order valence-electron chi connectivity index (χ4n) is 1.89. The monoisotopic (exact) mass is 280 g/mol. The lowest BCUT2D eigenvalue weighted by molar-refractivity contribution is 0.449. The molecule has 0 aliphatic rings. The van der Waals surface area contributed by atoms with Crippen molar-refractivity contribution in [3.63, 3.8) is 0 Å². The van der Waals surface area contributed by atoms with E-state index in [9.17, 15) is 13.2 Å². The summed E-state index contributed by atoms with van der Waals surface area (Å²) in [4.78, 5) is 4.01. The Balaban J connectivity index is 2.29. The highest BCUT2D eigenvalue weighted by molar-refractivity contribution is 5.63. The van der Waals surface area contributed by atoms with Crippen molar-refractivity contribution in [1.29, 1.82) is 0 Å². The van der Waals surface area contributed by atoms with E-state index in [2.05, 4.69) is 17.2 Å². The van der Waals surface area contributed by atoms with Gasteiger partial charge in [-0.3, -0.25) is 4.98 Å². The van der Waals surface area contributed by atoms with Crippen LogP contribution in [-0.2, 0) is 6.54 Å². The maximum absolute atomic E-state index is 13.7. The topological polar surface area (TPSA) is 24.9 Å². The lowest BCUT2D eigenvalue weighted by Crippen LogP contribution is -2.13. The second-order valence-electron chi connectivity index (χ2n) is 4.48. The van der Waals surface area contributed by atoms with Crippen molar-refractivity contribution in [2.75, 3.05) is 6.54 Å². The van der Waals surface area contributed by atoms with Crippen LogP contribution in [0.25, 0.3) is 11.1 Å². The molecule has 0 radical (unpaired) electrons. The van der Waals surface area contributed by atoms with Crippen molar-refractivity contribution in [1.82, 2.24) is 10.3 Å². The molecule has 1 N–H and O–H groups in total. The summed E-state index contributed by atoms with van der Waals surface area (Å²) < 4.78 is 39.9. The molecular weight excluding hydrogens is 265 g/mol. The van der Waals surface area contributed by atoms with Gasteiger partial charge in [0.05, 0.1) is 0 Å². The van der Waals surface area contributed by atoms with E-state index in [1.165, 1.54) is 12.3 Å². The van der Waals surface area contributed by atoms with Crippen molar-refractivity contribution in [3.05, 3.63) is 53.6 Å². The SMILES string of the molecule is CCCNCc1cncc(-c2ccc(F)c(F)c2F)c1. The molecule has 0 atom stereocenters. The fraction of sp³-hybridized carbons (Fsp3) is 0.267. The number of hydrogen-bond acceptors (Lipinski definition) is 2. The summed E-state index contributed by atoms with van der Waals surface area (Å²) >= 11 is 0. The van der Waals surface area contributed by atoms with E-state index in [4.69, 9.17) is 0 Å². The van der Waals surface area contributed by atoms with Gasteiger partial charge in [-0.1, -0.05) is 6.92 Å². The zero-order chi connectivity index (χ0) is 14.5. The van der Waals surface area contributed by atoms with Gasteiger partial charge in [-0.05, 0) is 36.7 Å². The Morgan fingerprint density at radius 2 is 1.90 bits per heavy atom. The molecule has 0 unspecified atom stereocenters. The molecule has 2 rings (SSSR count). The van der Waals surface area contributed by atoms with Crippen molar-refractivity contribution >= 4 is 0 Å². The van der Waals surface area contributed by atoms with Crippen LogP contribution in [0.15, 0.2) is 30.6 Å². The summed E-state index contributed by atoms with van der Waals surface area (Å²) in [5.74, 6) is -3.84. The molecule has 0 saturated carbocycles. The van der Waals surface area contributed by atoms with E-state index in [-0.39, 0.29) is 5.56 Å². The summed E-state index contributed by atoms with van der Waals surface area (Å²) in [6.07, 6.45) is 4.09.